The zero-order chi connectivity index (χ0) is 14.7. The molecule has 1 atom stereocenters. The number of rotatable bonds is 6. The molecule has 1 amide bonds. The van der Waals surface area contributed by atoms with Crippen LogP contribution in [0.1, 0.15) is 11.8 Å². The molecule has 0 aliphatic carbocycles. The van der Waals surface area contributed by atoms with E-state index in [0.717, 1.165) is 16.6 Å². The van der Waals surface area contributed by atoms with Crippen molar-refractivity contribution >= 4 is 39.2 Å². The van der Waals surface area contributed by atoms with Gasteiger partial charge in [-0.1, -0.05) is 6.92 Å². The Morgan fingerprint density at radius 3 is 2.90 bits per heavy atom. The van der Waals surface area contributed by atoms with Crippen LogP contribution in [0.25, 0.3) is 10.2 Å². The number of nitrogens with one attached hydrogen (secondary N) is 2. The van der Waals surface area contributed by atoms with Crippen LogP contribution >= 0.6 is 11.3 Å². The maximum atomic E-state index is 10.8. The largest absolute Gasteiger partial charge is 0.381 e. The first-order valence-corrected chi connectivity index (χ1v) is 7.06. The lowest BCUT2D eigenvalue weighted by Crippen LogP contribution is -2.34. The van der Waals surface area contributed by atoms with Gasteiger partial charge in [0.15, 0.2) is 0 Å². The number of aliphatic hydroxyl groups excluding tert-OH is 1. The van der Waals surface area contributed by atoms with Crippen LogP contribution in [0.5, 0.6) is 0 Å². The number of aromatic nitrogens is 2. The van der Waals surface area contributed by atoms with E-state index in [4.69, 9.17) is 5.73 Å². The van der Waals surface area contributed by atoms with Gasteiger partial charge in [0, 0.05) is 11.9 Å². The molecule has 2 aromatic heterocycles. The molecule has 108 valence electrons. The number of aryl methyl sites for hydroxylation is 1. The molecule has 1 unspecified atom stereocenters. The number of hydrogen-bond acceptors (Lipinski definition) is 7. The van der Waals surface area contributed by atoms with E-state index in [9.17, 15) is 9.90 Å². The fraction of sp³-hybridized carbons (Fsp3) is 0.417. The molecule has 0 fully saturated rings. The summed E-state index contributed by atoms with van der Waals surface area (Å²) in [6, 6.07) is 2.01. The molecule has 20 heavy (non-hydrogen) atoms. The topological polar surface area (TPSA) is 113 Å². The highest BCUT2D eigenvalue weighted by molar-refractivity contribution is 7.18. The van der Waals surface area contributed by atoms with Gasteiger partial charge in [-0.2, -0.15) is 4.98 Å². The van der Waals surface area contributed by atoms with Crippen molar-refractivity contribution in [1.82, 2.24) is 9.97 Å². The van der Waals surface area contributed by atoms with E-state index in [-0.39, 0.29) is 6.54 Å². The number of nitrogens with two attached hydrogens (primary N) is 1. The first kappa shape index (κ1) is 14.5. The van der Waals surface area contributed by atoms with E-state index in [1.807, 2.05) is 6.07 Å². The highest BCUT2D eigenvalue weighted by Crippen LogP contribution is 2.30. The van der Waals surface area contributed by atoms with Crippen LogP contribution in [0.15, 0.2) is 6.07 Å². The molecule has 2 rings (SSSR count). The molecular weight excluding hydrogens is 278 g/mol. The number of thiophene rings is 1. The highest BCUT2D eigenvalue weighted by atomic mass is 32.1. The second kappa shape index (κ2) is 6.02. The summed E-state index contributed by atoms with van der Waals surface area (Å²) in [6.45, 7) is 2.09. The fourth-order valence-electron chi connectivity index (χ4n) is 1.69. The average Bonchev–Trinajstić information content (AvgIpc) is 2.86. The van der Waals surface area contributed by atoms with Crippen molar-refractivity contribution in [2.24, 2.45) is 5.73 Å². The van der Waals surface area contributed by atoms with Crippen molar-refractivity contribution in [3.05, 3.63) is 10.9 Å². The Hall–Kier alpha value is -1.93. The number of amides is 1. The summed E-state index contributed by atoms with van der Waals surface area (Å²) in [5, 5.41) is 16.2. The minimum absolute atomic E-state index is 0.0158. The Kier molecular flexibility index (Phi) is 4.35. The third-order valence-electron chi connectivity index (χ3n) is 2.81. The van der Waals surface area contributed by atoms with Crippen LogP contribution in [-0.4, -0.2) is 40.7 Å². The Morgan fingerprint density at radius 2 is 2.30 bits per heavy atom. The summed E-state index contributed by atoms with van der Waals surface area (Å²) in [5.74, 6) is 0.296. The quantitative estimate of drug-likeness (QED) is 0.619. The minimum atomic E-state index is -1.25. The summed E-state index contributed by atoms with van der Waals surface area (Å²) in [4.78, 5) is 21.6. The van der Waals surface area contributed by atoms with E-state index in [0.29, 0.717) is 11.8 Å². The van der Waals surface area contributed by atoms with Gasteiger partial charge in [0.05, 0.1) is 11.9 Å². The molecule has 0 aromatic carbocycles. The standard InChI is InChI=1S/C12H17N5O2S/c1-3-6-4-7-10(15-5-8(18)9(13)19)16-12(14-2)17-11(7)20-6/h4,8,18H,3,5H2,1-2H3,(H2,13,19)(H2,14,15,16,17). The normalized spacial score (nSPS) is 12.3. The molecule has 0 saturated heterocycles. The van der Waals surface area contributed by atoms with Crippen LogP contribution in [0.2, 0.25) is 0 Å². The van der Waals surface area contributed by atoms with Gasteiger partial charge in [-0.15, -0.1) is 11.3 Å². The van der Waals surface area contributed by atoms with Gasteiger partial charge >= 0.3 is 0 Å². The molecule has 0 spiro atoms. The number of aliphatic hydroxyl groups is 1. The first-order chi connectivity index (χ1) is 9.55. The fourth-order valence-corrected chi connectivity index (χ4v) is 2.65. The molecule has 0 aliphatic rings. The molecule has 2 heterocycles. The smallest absolute Gasteiger partial charge is 0.248 e. The number of carbonyl (C=O) groups excluding carboxylic acids is 1. The third-order valence-corrected chi connectivity index (χ3v) is 3.98. The third kappa shape index (κ3) is 2.97. The summed E-state index contributed by atoms with van der Waals surface area (Å²) < 4.78 is 0. The summed E-state index contributed by atoms with van der Waals surface area (Å²) >= 11 is 1.60. The van der Waals surface area contributed by atoms with Gasteiger partial charge in [0.1, 0.15) is 16.8 Å². The van der Waals surface area contributed by atoms with Crippen molar-refractivity contribution in [2.45, 2.75) is 19.4 Å². The van der Waals surface area contributed by atoms with Crippen molar-refractivity contribution in [2.75, 3.05) is 24.2 Å². The molecule has 7 nitrogen and oxygen atoms in total. The van der Waals surface area contributed by atoms with Gasteiger partial charge in [0.2, 0.25) is 11.9 Å². The number of carbonyl (C=O) groups is 1. The van der Waals surface area contributed by atoms with Crippen LogP contribution in [0, 0.1) is 0 Å². The van der Waals surface area contributed by atoms with E-state index in [1.54, 1.807) is 18.4 Å². The van der Waals surface area contributed by atoms with E-state index in [2.05, 4.69) is 27.5 Å². The molecule has 2 aromatic rings. The van der Waals surface area contributed by atoms with Crippen LogP contribution in [0.4, 0.5) is 11.8 Å². The minimum Gasteiger partial charge on any atom is -0.381 e. The van der Waals surface area contributed by atoms with E-state index >= 15 is 0 Å². The second-order valence-electron chi connectivity index (χ2n) is 4.23. The second-order valence-corrected chi connectivity index (χ2v) is 5.35. The van der Waals surface area contributed by atoms with Gasteiger partial charge in [-0.25, -0.2) is 4.98 Å². The Morgan fingerprint density at radius 1 is 1.55 bits per heavy atom. The number of fused-ring (bicyclic) bond motifs is 1. The summed E-state index contributed by atoms with van der Waals surface area (Å²) in [5.41, 5.74) is 5.02. The number of hydrogen-bond donors (Lipinski definition) is 4. The van der Waals surface area contributed by atoms with Crippen LogP contribution in [-0.2, 0) is 11.2 Å². The lowest BCUT2D eigenvalue weighted by atomic mass is 10.3. The van der Waals surface area contributed by atoms with Gasteiger partial charge in [0.25, 0.3) is 0 Å². The Balaban J connectivity index is 2.34. The SMILES string of the molecule is CCc1cc2c(NCC(O)C(N)=O)nc(NC)nc2s1. The lowest BCUT2D eigenvalue weighted by molar-refractivity contribution is -0.125. The van der Waals surface area contributed by atoms with Gasteiger partial charge in [-0.05, 0) is 12.5 Å². The van der Waals surface area contributed by atoms with E-state index in [1.165, 1.54) is 4.88 Å². The van der Waals surface area contributed by atoms with Crippen LogP contribution < -0.4 is 16.4 Å². The highest BCUT2D eigenvalue weighted by Gasteiger charge is 2.14. The lowest BCUT2D eigenvalue weighted by Gasteiger charge is -2.10. The molecule has 8 heteroatoms. The molecule has 5 N–H and O–H groups in total. The molecular formula is C12H17N5O2S. The molecule has 0 saturated carbocycles. The van der Waals surface area contributed by atoms with Gasteiger partial charge in [-0.3, -0.25) is 4.79 Å². The van der Waals surface area contributed by atoms with E-state index < -0.39 is 12.0 Å². The predicted octanol–water partition coefficient (Wildman–Crippen LogP) is 0.553. The molecule has 0 bridgehead atoms. The number of primary amides is 1. The summed E-state index contributed by atoms with van der Waals surface area (Å²) in [6.07, 6.45) is -0.332. The number of anilines is 2. The van der Waals surface area contributed by atoms with Crippen LogP contribution in [0.3, 0.4) is 0 Å². The Labute approximate surface area is 120 Å². The van der Waals surface area contributed by atoms with Crippen molar-refractivity contribution in [3.63, 3.8) is 0 Å². The summed E-state index contributed by atoms with van der Waals surface area (Å²) in [7, 11) is 1.73. The zero-order valence-corrected chi connectivity index (χ0v) is 12.1. The van der Waals surface area contributed by atoms with Crippen molar-refractivity contribution in [3.8, 4) is 0 Å². The maximum Gasteiger partial charge on any atom is 0.248 e. The maximum absolute atomic E-state index is 10.8. The molecule has 0 radical (unpaired) electrons. The zero-order valence-electron chi connectivity index (χ0n) is 11.3. The monoisotopic (exact) mass is 295 g/mol. The van der Waals surface area contributed by atoms with Crippen molar-refractivity contribution in [1.29, 1.82) is 0 Å². The molecule has 0 aliphatic heterocycles. The van der Waals surface area contributed by atoms with Gasteiger partial charge < -0.3 is 21.5 Å². The first-order valence-electron chi connectivity index (χ1n) is 6.24. The predicted molar refractivity (Wildman–Crippen MR) is 80.0 cm³/mol. The van der Waals surface area contributed by atoms with Crippen molar-refractivity contribution < 1.29 is 9.90 Å². The number of nitrogens with zero attached hydrogens (tertiary/aromatic N) is 2. The Bertz CT molecular complexity index is 628. The average molecular weight is 295 g/mol.